The van der Waals surface area contributed by atoms with E-state index >= 15 is 0 Å². The highest BCUT2D eigenvalue weighted by Gasteiger charge is 2.34. The molecule has 0 spiro atoms. The normalized spacial score (nSPS) is 14.0. The first kappa shape index (κ1) is 16.5. The summed E-state index contributed by atoms with van der Waals surface area (Å²) in [6.07, 6.45) is -4.00. The minimum Gasteiger partial charge on any atom is -0.482 e. The Bertz CT molecular complexity index is 852. The molecule has 0 radical (unpaired) electrons. The van der Waals surface area contributed by atoms with Gasteiger partial charge in [0.1, 0.15) is 11.6 Å². The van der Waals surface area contributed by atoms with E-state index in [2.05, 4.69) is 10.3 Å². The van der Waals surface area contributed by atoms with E-state index in [0.717, 1.165) is 6.07 Å². The molecule has 1 N–H and O–H groups in total. The highest BCUT2D eigenvalue weighted by molar-refractivity contribution is 6.33. The number of carbonyl (C=O) groups excluding carboxylic acids is 1. The van der Waals surface area contributed by atoms with Crippen molar-refractivity contribution < 1.29 is 27.1 Å². The standard InChI is InChI=1S/C15H9ClF4N2O2/c1-6-8(15(18,19)20)4-21-14(13(6)16)7-2-11-10(3-9(7)17)22-12(23)5-24-11/h2-4H,5H2,1H3,(H,22,23). The third-order valence-corrected chi connectivity index (χ3v) is 3.99. The predicted octanol–water partition coefficient (Wildman–Crippen LogP) is 4.20. The van der Waals surface area contributed by atoms with Crippen LogP contribution in [0.5, 0.6) is 5.75 Å². The average molecular weight is 361 g/mol. The number of alkyl halides is 3. The number of halogens is 5. The number of hydrogen-bond acceptors (Lipinski definition) is 3. The van der Waals surface area contributed by atoms with Crippen molar-refractivity contribution in [2.45, 2.75) is 13.1 Å². The molecule has 1 aromatic heterocycles. The highest BCUT2D eigenvalue weighted by atomic mass is 35.5. The molecule has 0 bridgehead atoms. The number of pyridine rings is 1. The number of nitrogens with one attached hydrogen (secondary N) is 1. The third-order valence-electron chi connectivity index (χ3n) is 3.53. The van der Waals surface area contributed by atoms with Gasteiger partial charge in [0.2, 0.25) is 0 Å². The Morgan fingerprint density at radius 1 is 1.33 bits per heavy atom. The largest absolute Gasteiger partial charge is 0.482 e. The average Bonchev–Trinajstić information content (AvgIpc) is 2.48. The maximum absolute atomic E-state index is 14.3. The highest BCUT2D eigenvalue weighted by Crippen LogP contribution is 2.41. The molecule has 126 valence electrons. The number of rotatable bonds is 1. The first-order valence-corrected chi connectivity index (χ1v) is 7.05. The van der Waals surface area contributed by atoms with Crippen LogP contribution in [0.25, 0.3) is 11.3 Å². The predicted molar refractivity (Wildman–Crippen MR) is 78.5 cm³/mol. The Balaban J connectivity index is 2.13. The summed E-state index contributed by atoms with van der Waals surface area (Å²) in [7, 11) is 0. The Hall–Kier alpha value is -2.35. The molecule has 1 aliphatic rings. The zero-order valence-electron chi connectivity index (χ0n) is 12.1. The molecule has 0 saturated carbocycles. The maximum Gasteiger partial charge on any atom is 0.418 e. The number of carbonyl (C=O) groups is 1. The van der Waals surface area contributed by atoms with Gasteiger partial charge in [-0.3, -0.25) is 9.78 Å². The molecule has 2 aromatic rings. The summed E-state index contributed by atoms with van der Waals surface area (Å²) in [4.78, 5) is 14.9. The Morgan fingerprint density at radius 3 is 2.71 bits per heavy atom. The van der Waals surface area contributed by atoms with Crippen LogP contribution in [0.1, 0.15) is 11.1 Å². The van der Waals surface area contributed by atoms with Crippen LogP contribution in [-0.2, 0) is 11.0 Å². The number of ether oxygens (including phenoxy) is 1. The molecule has 0 aliphatic carbocycles. The molecule has 1 aliphatic heterocycles. The fraction of sp³-hybridized carbons (Fsp3) is 0.200. The number of anilines is 1. The Labute approximate surface area is 138 Å². The van der Waals surface area contributed by atoms with Crippen molar-refractivity contribution in [3.8, 4) is 17.0 Å². The van der Waals surface area contributed by atoms with Gasteiger partial charge in [-0.25, -0.2) is 4.39 Å². The van der Waals surface area contributed by atoms with E-state index in [9.17, 15) is 22.4 Å². The summed E-state index contributed by atoms with van der Waals surface area (Å²) in [6, 6.07) is 2.25. The summed E-state index contributed by atoms with van der Waals surface area (Å²) in [5, 5.41) is 2.13. The number of fused-ring (bicyclic) bond motifs is 1. The summed E-state index contributed by atoms with van der Waals surface area (Å²) in [6.45, 7) is 0.939. The van der Waals surface area contributed by atoms with E-state index in [1.54, 1.807) is 0 Å². The minimum absolute atomic E-state index is 0.119. The van der Waals surface area contributed by atoms with Crippen LogP contribution < -0.4 is 10.1 Å². The van der Waals surface area contributed by atoms with Crippen molar-refractivity contribution in [3.63, 3.8) is 0 Å². The molecule has 3 rings (SSSR count). The Morgan fingerprint density at radius 2 is 2.04 bits per heavy atom. The van der Waals surface area contributed by atoms with E-state index in [0.29, 0.717) is 6.20 Å². The minimum atomic E-state index is -4.61. The molecule has 1 amide bonds. The first-order chi connectivity index (χ1) is 11.2. The monoisotopic (exact) mass is 360 g/mol. The number of hydrogen-bond donors (Lipinski definition) is 1. The van der Waals surface area contributed by atoms with Crippen molar-refractivity contribution in [3.05, 3.63) is 40.3 Å². The molecule has 0 atom stereocenters. The van der Waals surface area contributed by atoms with E-state index in [4.69, 9.17) is 16.3 Å². The third kappa shape index (κ3) is 2.77. The second-order valence-electron chi connectivity index (χ2n) is 5.12. The quantitative estimate of drug-likeness (QED) is 0.775. The van der Waals surface area contributed by atoms with Crippen molar-refractivity contribution in [1.29, 1.82) is 0 Å². The summed E-state index contributed by atoms with van der Waals surface area (Å²) < 4.78 is 58.1. The van der Waals surface area contributed by atoms with Crippen LogP contribution in [0.4, 0.5) is 23.2 Å². The van der Waals surface area contributed by atoms with Crippen molar-refractivity contribution in [1.82, 2.24) is 4.98 Å². The van der Waals surface area contributed by atoms with Gasteiger partial charge in [-0.1, -0.05) is 11.6 Å². The Kier molecular flexibility index (Phi) is 3.87. The van der Waals surface area contributed by atoms with Crippen LogP contribution in [0.3, 0.4) is 0 Å². The van der Waals surface area contributed by atoms with Gasteiger partial charge >= 0.3 is 6.18 Å². The fourth-order valence-corrected chi connectivity index (χ4v) is 2.59. The smallest absolute Gasteiger partial charge is 0.418 e. The van der Waals surface area contributed by atoms with Crippen LogP contribution in [0.15, 0.2) is 18.3 Å². The molecule has 1 aromatic carbocycles. The lowest BCUT2D eigenvalue weighted by Gasteiger charge is -2.20. The van der Waals surface area contributed by atoms with Gasteiger partial charge < -0.3 is 10.1 Å². The van der Waals surface area contributed by atoms with Gasteiger partial charge in [0.05, 0.1) is 22.0 Å². The summed E-state index contributed by atoms with van der Waals surface area (Å²) in [5.74, 6) is -1.05. The molecular weight excluding hydrogens is 352 g/mol. The van der Waals surface area contributed by atoms with E-state index < -0.39 is 23.5 Å². The second kappa shape index (κ2) is 5.62. The van der Waals surface area contributed by atoms with Crippen molar-refractivity contribution in [2.24, 2.45) is 0 Å². The zero-order valence-corrected chi connectivity index (χ0v) is 12.8. The lowest BCUT2D eigenvalue weighted by molar-refractivity contribution is -0.138. The van der Waals surface area contributed by atoms with Gasteiger partial charge in [0.15, 0.2) is 6.61 Å². The van der Waals surface area contributed by atoms with Gasteiger partial charge in [-0.15, -0.1) is 0 Å². The second-order valence-corrected chi connectivity index (χ2v) is 5.50. The van der Waals surface area contributed by atoms with Crippen LogP contribution >= 0.6 is 11.6 Å². The van der Waals surface area contributed by atoms with Crippen LogP contribution in [0, 0.1) is 12.7 Å². The molecule has 0 unspecified atom stereocenters. The molecule has 2 heterocycles. The number of benzene rings is 1. The number of nitrogens with zero attached hydrogens (tertiary/aromatic N) is 1. The van der Waals surface area contributed by atoms with E-state index in [1.807, 2.05) is 0 Å². The van der Waals surface area contributed by atoms with Crippen molar-refractivity contribution in [2.75, 3.05) is 11.9 Å². The lowest BCUT2D eigenvalue weighted by Crippen LogP contribution is -2.25. The molecular formula is C15H9ClF4N2O2. The lowest BCUT2D eigenvalue weighted by atomic mass is 10.0. The van der Waals surface area contributed by atoms with Gasteiger partial charge in [-0.05, 0) is 18.6 Å². The number of aromatic nitrogens is 1. The van der Waals surface area contributed by atoms with Crippen LogP contribution in [0.2, 0.25) is 5.02 Å². The zero-order chi connectivity index (χ0) is 17.6. The molecule has 0 fully saturated rings. The van der Waals surface area contributed by atoms with E-state index in [1.165, 1.54) is 13.0 Å². The summed E-state index contributed by atoms with van der Waals surface area (Å²) in [5.41, 5.74) is -1.36. The van der Waals surface area contributed by atoms with Gasteiger partial charge in [0, 0.05) is 17.8 Å². The maximum atomic E-state index is 14.3. The van der Waals surface area contributed by atoms with Crippen LogP contribution in [-0.4, -0.2) is 17.5 Å². The number of amides is 1. The summed E-state index contributed by atoms with van der Waals surface area (Å²) >= 11 is 5.98. The van der Waals surface area contributed by atoms with Crippen molar-refractivity contribution >= 4 is 23.2 Å². The topological polar surface area (TPSA) is 51.2 Å². The first-order valence-electron chi connectivity index (χ1n) is 6.67. The molecule has 9 heteroatoms. The van der Waals surface area contributed by atoms with E-state index in [-0.39, 0.29) is 39.9 Å². The molecule has 0 saturated heterocycles. The SMILES string of the molecule is Cc1c(C(F)(F)F)cnc(-c2cc3c(cc2F)NC(=O)CO3)c1Cl. The molecule has 24 heavy (non-hydrogen) atoms. The fourth-order valence-electron chi connectivity index (χ4n) is 2.33. The van der Waals surface area contributed by atoms with Gasteiger partial charge in [-0.2, -0.15) is 13.2 Å². The molecule has 4 nitrogen and oxygen atoms in total. The van der Waals surface area contributed by atoms with Gasteiger partial charge in [0.25, 0.3) is 5.91 Å².